The van der Waals surface area contributed by atoms with Crippen LogP contribution in [-0.4, -0.2) is 9.78 Å². The lowest BCUT2D eigenvalue weighted by Crippen LogP contribution is -1.89. The first-order chi connectivity index (χ1) is 6.22. The number of nitriles is 1. The van der Waals surface area contributed by atoms with Gasteiger partial charge in [0.2, 0.25) is 0 Å². The van der Waals surface area contributed by atoms with Crippen LogP contribution in [0.5, 0.6) is 0 Å². The van der Waals surface area contributed by atoms with Crippen molar-refractivity contribution in [3.8, 4) is 6.07 Å². The molecule has 0 fully saturated rings. The van der Waals surface area contributed by atoms with Gasteiger partial charge in [-0.1, -0.05) is 0 Å². The van der Waals surface area contributed by atoms with E-state index in [0.717, 1.165) is 15.4 Å². The van der Waals surface area contributed by atoms with E-state index in [2.05, 4.69) is 27.1 Å². The second-order valence-corrected chi connectivity index (χ2v) is 3.63. The Bertz CT molecular complexity index is 507. The third-order valence-electron chi connectivity index (χ3n) is 1.95. The van der Waals surface area contributed by atoms with Gasteiger partial charge in [0.15, 0.2) is 0 Å². The zero-order valence-corrected chi connectivity index (χ0v) is 8.54. The van der Waals surface area contributed by atoms with Crippen molar-refractivity contribution in [3.05, 3.63) is 28.4 Å². The molecule has 2 rings (SSSR count). The van der Waals surface area contributed by atoms with Gasteiger partial charge in [0.05, 0.1) is 23.3 Å². The number of hydrogen-bond donors (Lipinski definition) is 0. The van der Waals surface area contributed by atoms with Crippen molar-refractivity contribution in [2.24, 2.45) is 7.05 Å². The predicted octanol–water partition coefficient (Wildman–Crippen LogP) is 2.21. The third-order valence-corrected chi connectivity index (χ3v) is 2.60. The molecule has 0 unspecified atom stereocenters. The minimum absolute atomic E-state index is 0.642. The Balaban J connectivity index is 2.90. The topological polar surface area (TPSA) is 41.6 Å². The zero-order chi connectivity index (χ0) is 9.42. The highest BCUT2D eigenvalue weighted by atomic mass is 79.9. The van der Waals surface area contributed by atoms with Gasteiger partial charge in [-0.15, -0.1) is 0 Å². The molecule has 0 aliphatic heterocycles. The molecule has 13 heavy (non-hydrogen) atoms. The third kappa shape index (κ3) is 1.21. The van der Waals surface area contributed by atoms with Crippen LogP contribution in [0.3, 0.4) is 0 Å². The van der Waals surface area contributed by atoms with Gasteiger partial charge in [0, 0.05) is 16.9 Å². The Morgan fingerprint density at radius 2 is 2.31 bits per heavy atom. The van der Waals surface area contributed by atoms with E-state index in [1.54, 1.807) is 16.9 Å². The van der Waals surface area contributed by atoms with Crippen LogP contribution in [0, 0.1) is 11.3 Å². The van der Waals surface area contributed by atoms with Crippen LogP contribution in [0.25, 0.3) is 10.9 Å². The van der Waals surface area contributed by atoms with E-state index in [-0.39, 0.29) is 0 Å². The molecule has 2 aromatic rings. The monoisotopic (exact) mass is 235 g/mol. The molecule has 0 bridgehead atoms. The van der Waals surface area contributed by atoms with Crippen molar-refractivity contribution in [2.75, 3.05) is 0 Å². The fraction of sp³-hybridized carbons (Fsp3) is 0.111. The minimum atomic E-state index is 0.642. The van der Waals surface area contributed by atoms with Crippen molar-refractivity contribution in [2.45, 2.75) is 0 Å². The summed E-state index contributed by atoms with van der Waals surface area (Å²) in [7, 11) is 1.86. The van der Waals surface area contributed by atoms with Gasteiger partial charge in [0.1, 0.15) is 0 Å². The van der Waals surface area contributed by atoms with Gasteiger partial charge in [0.25, 0.3) is 0 Å². The summed E-state index contributed by atoms with van der Waals surface area (Å²) >= 11 is 3.40. The first-order valence-electron chi connectivity index (χ1n) is 3.73. The first kappa shape index (κ1) is 8.27. The van der Waals surface area contributed by atoms with Crippen molar-refractivity contribution >= 4 is 26.8 Å². The Hall–Kier alpha value is -1.34. The predicted molar refractivity (Wildman–Crippen MR) is 53.1 cm³/mol. The maximum atomic E-state index is 8.75. The second-order valence-electron chi connectivity index (χ2n) is 2.77. The molecule has 3 nitrogen and oxygen atoms in total. The number of aryl methyl sites for hydroxylation is 1. The lowest BCUT2D eigenvalue weighted by Gasteiger charge is -1.96. The number of hydrogen-bond acceptors (Lipinski definition) is 2. The van der Waals surface area contributed by atoms with Crippen LogP contribution in [0.2, 0.25) is 0 Å². The molecule has 1 heterocycles. The van der Waals surface area contributed by atoms with E-state index < -0.39 is 0 Å². The molecule has 0 N–H and O–H groups in total. The molecular weight excluding hydrogens is 230 g/mol. The first-order valence-corrected chi connectivity index (χ1v) is 4.53. The number of aromatic nitrogens is 2. The molecule has 0 saturated carbocycles. The summed E-state index contributed by atoms with van der Waals surface area (Å²) in [5.41, 5.74) is 1.61. The second kappa shape index (κ2) is 2.86. The van der Waals surface area contributed by atoms with Gasteiger partial charge in [-0.3, -0.25) is 4.68 Å². The number of fused-ring (bicyclic) bond motifs is 1. The Morgan fingerprint density at radius 3 is 3.00 bits per heavy atom. The highest BCUT2D eigenvalue weighted by molar-refractivity contribution is 9.10. The summed E-state index contributed by atoms with van der Waals surface area (Å²) in [6.07, 6.45) is 1.78. The summed E-state index contributed by atoms with van der Waals surface area (Å²) in [6.45, 7) is 0. The SMILES string of the molecule is Cn1ncc2c(Br)cc(C#N)cc21. The molecule has 0 radical (unpaired) electrons. The Kier molecular flexibility index (Phi) is 1.82. The highest BCUT2D eigenvalue weighted by Gasteiger charge is 2.05. The molecule has 0 saturated heterocycles. The van der Waals surface area contributed by atoms with Gasteiger partial charge < -0.3 is 0 Å². The van der Waals surface area contributed by atoms with E-state index in [1.807, 2.05) is 13.1 Å². The average Bonchev–Trinajstić information content (AvgIpc) is 2.48. The van der Waals surface area contributed by atoms with Crippen LogP contribution in [0.4, 0.5) is 0 Å². The summed E-state index contributed by atoms with van der Waals surface area (Å²) in [4.78, 5) is 0. The fourth-order valence-corrected chi connectivity index (χ4v) is 1.82. The van der Waals surface area contributed by atoms with Crippen LogP contribution in [0.1, 0.15) is 5.56 Å². The van der Waals surface area contributed by atoms with E-state index in [0.29, 0.717) is 5.56 Å². The zero-order valence-electron chi connectivity index (χ0n) is 6.95. The van der Waals surface area contributed by atoms with E-state index in [1.165, 1.54) is 0 Å². The molecule has 64 valence electrons. The number of nitrogens with zero attached hydrogens (tertiary/aromatic N) is 3. The van der Waals surface area contributed by atoms with Crippen molar-refractivity contribution in [3.63, 3.8) is 0 Å². The molecule has 0 aliphatic carbocycles. The van der Waals surface area contributed by atoms with Gasteiger partial charge in [-0.05, 0) is 28.1 Å². The lowest BCUT2D eigenvalue weighted by atomic mass is 10.2. The largest absolute Gasteiger partial charge is 0.268 e. The van der Waals surface area contributed by atoms with E-state index in [4.69, 9.17) is 5.26 Å². The van der Waals surface area contributed by atoms with Crippen LogP contribution in [0.15, 0.2) is 22.8 Å². The van der Waals surface area contributed by atoms with Crippen molar-refractivity contribution in [1.82, 2.24) is 9.78 Å². The molecule has 0 aliphatic rings. The molecule has 0 amide bonds. The Labute approximate surface area is 83.7 Å². The maximum Gasteiger partial charge on any atom is 0.0992 e. The fourth-order valence-electron chi connectivity index (χ4n) is 1.27. The highest BCUT2D eigenvalue weighted by Crippen LogP contribution is 2.24. The molecule has 1 aromatic heterocycles. The van der Waals surface area contributed by atoms with E-state index >= 15 is 0 Å². The normalized spacial score (nSPS) is 10.2. The number of rotatable bonds is 0. The quantitative estimate of drug-likeness (QED) is 0.703. The van der Waals surface area contributed by atoms with Crippen LogP contribution >= 0.6 is 15.9 Å². The molecule has 4 heteroatoms. The van der Waals surface area contributed by atoms with Crippen molar-refractivity contribution < 1.29 is 0 Å². The molecule has 0 spiro atoms. The van der Waals surface area contributed by atoms with Gasteiger partial charge in [-0.25, -0.2) is 0 Å². The maximum absolute atomic E-state index is 8.75. The molecular formula is C9H6BrN3. The summed E-state index contributed by atoms with van der Waals surface area (Å²) in [6, 6.07) is 5.73. The van der Waals surface area contributed by atoms with Crippen LogP contribution < -0.4 is 0 Å². The standard InChI is InChI=1S/C9H6BrN3/c1-13-9-3-6(4-11)2-8(10)7(9)5-12-13/h2-3,5H,1H3. The van der Waals surface area contributed by atoms with Gasteiger partial charge in [-0.2, -0.15) is 10.4 Å². The molecule has 0 atom stereocenters. The summed E-state index contributed by atoms with van der Waals surface area (Å²) in [5.74, 6) is 0. The van der Waals surface area contributed by atoms with E-state index in [9.17, 15) is 0 Å². The molecule has 1 aromatic carbocycles. The lowest BCUT2D eigenvalue weighted by molar-refractivity contribution is 0.797. The van der Waals surface area contributed by atoms with Crippen LogP contribution in [-0.2, 0) is 7.05 Å². The minimum Gasteiger partial charge on any atom is -0.268 e. The smallest absolute Gasteiger partial charge is 0.0992 e. The van der Waals surface area contributed by atoms with Crippen molar-refractivity contribution in [1.29, 1.82) is 5.26 Å². The average molecular weight is 236 g/mol. The summed E-state index contributed by atoms with van der Waals surface area (Å²) < 4.78 is 2.66. The number of halogens is 1. The Morgan fingerprint density at radius 1 is 1.54 bits per heavy atom. The summed E-state index contributed by atoms with van der Waals surface area (Å²) in [5, 5.41) is 13.9. The number of benzene rings is 1. The van der Waals surface area contributed by atoms with Gasteiger partial charge >= 0.3 is 0 Å².